The number of ether oxygens (including phenoxy) is 14. The zero-order valence-electron chi connectivity index (χ0n) is 46.7. The van der Waals surface area contributed by atoms with Crippen molar-refractivity contribution in [3.63, 3.8) is 0 Å². The molecule has 0 aliphatic carbocycles. The van der Waals surface area contributed by atoms with Crippen LogP contribution in [0.5, 0.6) is 0 Å². The number of hydrogen-bond acceptors (Lipinski definition) is 41. The summed E-state index contributed by atoms with van der Waals surface area (Å²) in [5.41, 5.74) is 0. The Labute approximate surface area is 502 Å². The molecule has 0 aromatic carbocycles. The lowest BCUT2D eigenvalue weighted by Crippen LogP contribution is -2.68. The molecule has 0 amide bonds. The van der Waals surface area contributed by atoms with Gasteiger partial charge in [-0.3, -0.25) is 0 Å². The van der Waals surface area contributed by atoms with Crippen LogP contribution in [0.2, 0.25) is 0 Å². The van der Waals surface area contributed by atoms with Gasteiger partial charge >= 0.3 is 0 Å². The van der Waals surface area contributed by atoms with E-state index in [1.54, 1.807) is 0 Å². The van der Waals surface area contributed by atoms with Gasteiger partial charge in [-0.05, 0) is 0 Å². The van der Waals surface area contributed by atoms with E-state index in [-0.39, 0.29) is 0 Å². The normalized spacial score (nSPS) is 49.9. The Kier molecular flexibility index (Phi) is 27.6. The molecule has 7 aliphatic rings. The van der Waals surface area contributed by atoms with Crippen molar-refractivity contribution < 1.29 is 204 Å². The van der Waals surface area contributed by atoms with Crippen LogP contribution in [0.4, 0.5) is 0 Å². The second kappa shape index (κ2) is 32.9. The summed E-state index contributed by atoms with van der Waals surface area (Å²) >= 11 is 0. The van der Waals surface area contributed by atoms with E-state index in [2.05, 4.69) is 0 Å². The van der Waals surface area contributed by atoms with Gasteiger partial charge in [0.25, 0.3) is 0 Å². The molecule has 0 aromatic rings. The van der Waals surface area contributed by atoms with E-state index in [4.69, 9.17) is 66.3 Å². The van der Waals surface area contributed by atoms with Gasteiger partial charge in [-0.15, -0.1) is 0 Å². The monoisotopic (exact) mass is 1320 g/mol. The highest BCUT2D eigenvalue weighted by Crippen LogP contribution is 2.38. The van der Waals surface area contributed by atoms with E-state index in [1.165, 1.54) is 0 Å². The van der Waals surface area contributed by atoms with E-state index in [9.17, 15) is 138 Å². The fourth-order valence-electron chi connectivity index (χ4n) is 11.1. The Hall–Kier alpha value is -1.64. The van der Waals surface area contributed by atoms with E-state index >= 15 is 0 Å². The number of rotatable bonds is 26. The molecule has 0 aromatic heterocycles. The van der Waals surface area contributed by atoms with Gasteiger partial charge < -0.3 is 204 Å². The van der Waals surface area contributed by atoms with Gasteiger partial charge in [0.2, 0.25) is 0 Å². The van der Waals surface area contributed by atoms with Gasteiger partial charge in [-0.1, -0.05) is 0 Å². The van der Waals surface area contributed by atoms with Crippen LogP contribution in [0.15, 0.2) is 0 Å². The first-order valence-electron chi connectivity index (χ1n) is 28.1. The summed E-state index contributed by atoms with van der Waals surface area (Å²) in [4.78, 5) is 0. The van der Waals surface area contributed by atoms with E-state index < -0.39 is 299 Å². The molecule has 41 heteroatoms. The minimum Gasteiger partial charge on any atom is -0.394 e. The van der Waals surface area contributed by atoms with Gasteiger partial charge in [0.05, 0.1) is 59.5 Å². The summed E-state index contributed by atoms with van der Waals surface area (Å²) in [6.07, 6.45) is -77.9. The van der Waals surface area contributed by atoms with E-state index in [0.29, 0.717) is 0 Å². The molecule has 7 saturated heterocycles. The molecule has 7 fully saturated rings. The summed E-state index contributed by atoms with van der Waals surface area (Å²) in [5, 5.41) is 286. The summed E-state index contributed by atoms with van der Waals surface area (Å²) in [5.74, 6) is 0. The highest BCUT2D eigenvalue weighted by molar-refractivity contribution is 5.01. The Morgan fingerprint density at radius 3 is 0.663 bits per heavy atom. The molecule has 0 radical (unpaired) electrons. The summed E-state index contributed by atoms with van der Waals surface area (Å²) < 4.78 is 78.1. The van der Waals surface area contributed by atoms with Crippen molar-refractivity contribution in [2.45, 2.75) is 239 Å². The highest BCUT2D eigenvalue weighted by atomic mass is 16.8. The maximum atomic E-state index is 11.4. The fraction of sp³-hybridized carbons (Fsp3) is 1.00. The Bertz CT molecular complexity index is 2070. The zero-order valence-corrected chi connectivity index (χ0v) is 46.7. The molecule has 0 spiro atoms. The van der Waals surface area contributed by atoms with Crippen molar-refractivity contribution in [2.24, 2.45) is 0 Å². The van der Waals surface area contributed by atoms with Crippen LogP contribution in [-0.4, -0.2) is 437 Å². The molecule has 7 rings (SSSR count). The van der Waals surface area contributed by atoms with Gasteiger partial charge in [-0.2, -0.15) is 0 Å². The van der Waals surface area contributed by atoms with Crippen LogP contribution in [0.3, 0.4) is 0 Å². The number of aliphatic hydroxyl groups excluding tert-OH is 27. The molecule has 27 N–H and O–H groups in total. The van der Waals surface area contributed by atoms with Crippen LogP contribution in [0.25, 0.3) is 0 Å². The quantitative estimate of drug-likeness (QED) is 0.0382. The molecule has 0 saturated carbocycles. The fourth-order valence-corrected chi connectivity index (χ4v) is 11.1. The smallest absolute Gasteiger partial charge is 0.187 e. The molecule has 0 unspecified atom stereocenters. The second-order valence-electron chi connectivity index (χ2n) is 22.1. The van der Waals surface area contributed by atoms with Crippen molar-refractivity contribution in [2.75, 3.05) is 59.5 Å². The van der Waals surface area contributed by atoms with Gasteiger partial charge in [0.15, 0.2) is 44.0 Å². The third-order valence-corrected chi connectivity index (χ3v) is 16.3. The summed E-state index contributed by atoms with van der Waals surface area (Å²) in [7, 11) is 0. The highest BCUT2D eigenvalue weighted by Gasteiger charge is 2.59. The van der Waals surface area contributed by atoms with Crippen LogP contribution < -0.4 is 0 Å². The third-order valence-electron chi connectivity index (χ3n) is 16.3. The van der Waals surface area contributed by atoms with Crippen LogP contribution in [-0.2, 0) is 66.3 Å². The molecule has 7 aliphatic heterocycles. The van der Waals surface area contributed by atoms with E-state index in [1.807, 2.05) is 0 Å². The average molecular weight is 1320 g/mol. The lowest BCUT2D eigenvalue weighted by atomic mass is 9.95. The molecule has 39 atom stereocenters. The predicted molar refractivity (Wildman–Crippen MR) is 267 cm³/mol. The first kappa shape index (κ1) is 74.8. The van der Waals surface area contributed by atoms with Crippen molar-refractivity contribution in [1.29, 1.82) is 0 Å². The van der Waals surface area contributed by atoms with Crippen molar-refractivity contribution >= 4 is 0 Å². The van der Waals surface area contributed by atoms with Crippen LogP contribution in [0.1, 0.15) is 0 Å². The number of hydrogen-bond donors (Lipinski definition) is 27. The lowest BCUT2D eigenvalue weighted by Gasteiger charge is -2.50. The summed E-state index contributed by atoms with van der Waals surface area (Å²) in [6, 6.07) is 0. The van der Waals surface area contributed by atoms with Crippen molar-refractivity contribution in [1.82, 2.24) is 0 Å². The first-order chi connectivity index (χ1) is 42.2. The minimum atomic E-state index is -2.27. The van der Waals surface area contributed by atoms with Gasteiger partial charge in [0.1, 0.15) is 195 Å². The van der Waals surface area contributed by atoms with Crippen LogP contribution in [0, 0.1) is 0 Å². The molecule has 7 heterocycles. The standard InChI is InChI=1S/C48H84O41/c49-1-10(58)19(60)35(11(59)2-50)83-43-29(70)22(63)37(13(4-52)77-43)85-45-31(72)24(65)39(15(6-54)79-45)87-47-33(74)26(67)41(17(8-56)81-47)89-48-34(75)27(68)40(18(9-57)82-48)88-46-32(73)25(66)38(16(7-55)80-46)86-44-30(71)23(64)36(14(5-53)78-44)84-42-28(69)21(62)20(61)12(3-51)76-42/h10-75H,1-9H2/t10-,11+,12+,13+,14+,15+,16+,17+,18+,19+,20+,21-,22+,23+,24+,25+,26+,27+,28+,29+,30+,31+,32+,33+,34+,35+,36+,37+,38+,39+,40+,41+,42+,43+,44+,45+,46+,47+,48+/m0/s1. The first-order valence-corrected chi connectivity index (χ1v) is 28.1. The summed E-state index contributed by atoms with van der Waals surface area (Å²) in [6.45, 7) is -9.40. The van der Waals surface area contributed by atoms with Gasteiger partial charge in [0, 0.05) is 0 Å². The predicted octanol–water partition coefficient (Wildman–Crippen LogP) is -18.8. The van der Waals surface area contributed by atoms with Crippen molar-refractivity contribution in [3.05, 3.63) is 0 Å². The zero-order chi connectivity index (χ0) is 65.8. The molecule has 0 bridgehead atoms. The lowest BCUT2D eigenvalue weighted by molar-refractivity contribution is -0.398. The third kappa shape index (κ3) is 15.9. The molecular formula is C48H84O41. The second-order valence-corrected chi connectivity index (χ2v) is 22.1. The molecule has 41 nitrogen and oxygen atoms in total. The van der Waals surface area contributed by atoms with Crippen LogP contribution >= 0.6 is 0 Å². The molecular weight excluding hydrogens is 1230 g/mol. The maximum Gasteiger partial charge on any atom is 0.187 e. The SMILES string of the molecule is OC[C@@H](O)[C@@H](O[C@H]1O[C@H](CO)[C@@H](O[C@H]2O[C@H](CO)[C@@H](O[C@H]3O[C@H](CO)[C@@H](O[C@H]4O[C@H](CO)[C@@H](O[C@H]5O[C@H](CO)[C@@H](O[C@H]6O[C@H](CO)[C@@H](O[C@H]7O[C@H](CO)[C@@H](O)[C@H](O)[C@H]7O)[C@H](O)[C@H]6O)[C@H](O)[C@H]5O)[C@H](O)[C@H]4O)[C@H](O)[C@H]3O)[C@H](O)[C@H]2O)[C@H](O)[C@H]1O)[C@H](O)[C@@H](O)CO. The molecule has 89 heavy (non-hydrogen) atoms. The maximum absolute atomic E-state index is 11.4. The topological polar surface area (TPSA) is 675 Å². The minimum absolute atomic E-state index is 0.856. The largest absolute Gasteiger partial charge is 0.394 e. The van der Waals surface area contributed by atoms with Crippen molar-refractivity contribution in [3.8, 4) is 0 Å². The number of aliphatic hydroxyl groups is 27. The average Bonchev–Trinajstić information content (AvgIpc) is 2.23. The Balaban J connectivity index is 0.939. The Morgan fingerprint density at radius 2 is 0.438 bits per heavy atom. The van der Waals surface area contributed by atoms with E-state index in [0.717, 1.165) is 0 Å². The Morgan fingerprint density at radius 1 is 0.236 bits per heavy atom. The van der Waals surface area contributed by atoms with Gasteiger partial charge in [-0.25, -0.2) is 0 Å². The molecule has 522 valence electrons.